The number of thiophene rings is 1. The Balaban J connectivity index is 1.59. The summed E-state index contributed by atoms with van der Waals surface area (Å²) in [6.07, 6.45) is 0.943. The molecule has 148 valence electrons. The normalized spacial score (nSPS) is 12.1. The van der Waals surface area contributed by atoms with Gasteiger partial charge < -0.3 is 10.3 Å². The van der Waals surface area contributed by atoms with E-state index >= 15 is 0 Å². The second-order valence-electron chi connectivity index (χ2n) is 6.43. The van der Waals surface area contributed by atoms with Crippen LogP contribution in [0.3, 0.4) is 0 Å². The summed E-state index contributed by atoms with van der Waals surface area (Å²) in [7, 11) is 0. The highest BCUT2D eigenvalue weighted by Gasteiger charge is 2.25. The minimum Gasteiger partial charge on any atom is -0.360 e. The Kier molecular flexibility index (Phi) is 6.69. The lowest BCUT2D eigenvalue weighted by Crippen LogP contribution is -2.15. The SMILES string of the molecule is CC(=O)c1c(C)[nH]c(C(=O)C(C)Sc2nnc(NCCc3cccs3)s2)c1C. The number of carbonyl (C=O) groups is 2. The summed E-state index contributed by atoms with van der Waals surface area (Å²) >= 11 is 4.57. The van der Waals surface area contributed by atoms with E-state index < -0.39 is 0 Å². The molecule has 0 saturated heterocycles. The number of aromatic nitrogens is 3. The zero-order chi connectivity index (χ0) is 20.3. The van der Waals surface area contributed by atoms with Crippen LogP contribution in [0.15, 0.2) is 21.9 Å². The lowest BCUT2D eigenvalue weighted by molar-refractivity contribution is 0.0988. The number of hydrogen-bond donors (Lipinski definition) is 2. The van der Waals surface area contributed by atoms with Crippen molar-refractivity contribution < 1.29 is 9.59 Å². The third-order valence-corrected chi connectivity index (χ3v) is 7.32. The van der Waals surface area contributed by atoms with Crippen LogP contribution in [-0.2, 0) is 6.42 Å². The largest absolute Gasteiger partial charge is 0.360 e. The summed E-state index contributed by atoms with van der Waals surface area (Å²) in [4.78, 5) is 29.0. The Labute approximate surface area is 176 Å². The van der Waals surface area contributed by atoms with Gasteiger partial charge in [0.1, 0.15) is 0 Å². The number of nitrogens with zero attached hydrogens (tertiary/aromatic N) is 2. The van der Waals surface area contributed by atoms with Crippen LogP contribution in [0.25, 0.3) is 0 Å². The van der Waals surface area contributed by atoms with E-state index in [4.69, 9.17) is 0 Å². The first-order valence-electron chi connectivity index (χ1n) is 8.87. The molecule has 0 fully saturated rings. The van der Waals surface area contributed by atoms with E-state index in [1.165, 1.54) is 34.9 Å². The molecule has 2 N–H and O–H groups in total. The minimum atomic E-state index is -0.330. The van der Waals surface area contributed by atoms with Gasteiger partial charge in [0.2, 0.25) is 5.13 Å². The Morgan fingerprint density at radius 3 is 2.75 bits per heavy atom. The van der Waals surface area contributed by atoms with Crippen molar-refractivity contribution in [2.24, 2.45) is 0 Å². The van der Waals surface area contributed by atoms with Gasteiger partial charge >= 0.3 is 0 Å². The van der Waals surface area contributed by atoms with Crippen LogP contribution in [0.1, 0.15) is 50.8 Å². The van der Waals surface area contributed by atoms with Gasteiger partial charge in [-0.25, -0.2) is 0 Å². The Hall–Kier alpha value is -1.97. The molecule has 6 nitrogen and oxygen atoms in total. The summed E-state index contributed by atoms with van der Waals surface area (Å²) in [5, 5.41) is 14.1. The van der Waals surface area contributed by atoms with Gasteiger partial charge in [0.25, 0.3) is 0 Å². The summed E-state index contributed by atoms with van der Waals surface area (Å²) < 4.78 is 0.743. The molecule has 0 radical (unpaired) electrons. The fraction of sp³-hybridized carbons (Fsp3) is 0.368. The summed E-state index contributed by atoms with van der Waals surface area (Å²) in [5.41, 5.74) is 2.56. The molecule has 0 aliphatic carbocycles. The number of aryl methyl sites for hydroxylation is 1. The number of carbonyl (C=O) groups excluding carboxylic acids is 2. The number of ketones is 2. The van der Waals surface area contributed by atoms with E-state index in [2.05, 4.69) is 31.9 Å². The molecule has 0 aliphatic heterocycles. The highest BCUT2D eigenvalue weighted by molar-refractivity contribution is 8.02. The highest BCUT2D eigenvalue weighted by Crippen LogP contribution is 2.31. The van der Waals surface area contributed by atoms with Gasteiger partial charge in [0.15, 0.2) is 15.9 Å². The molecule has 0 saturated carbocycles. The number of nitrogens with one attached hydrogen (secondary N) is 2. The number of anilines is 1. The maximum absolute atomic E-state index is 12.8. The molecule has 1 atom stereocenters. The third-order valence-electron chi connectivity index (χ3n) is 4.32. The van der Waals surface area contributed by atoms with Gasteiger partial charge in [0, 0.05) is 22.7 Å². The Morgan fingerprint density at radius 2 is 2.11 bits per heavy atom. The third kappa shape index (κ3) is 4.71. The topological polar surface area (TPSA) is 87.7 Å². The van der Waals surface area contributed by atoms with Gasteiger partial charge in [-0.3, -0.25) is 9.59 Å². The summed E-state index contributed by atoms with van der Waals surface area (Å²) in [5.74, 6) is -0.0755. The molecule has 3 aromatic heterocycles. The van der Waals surface area contributed by atoms with E-state index in [9.17, 15) is 9.59 Å². The van der Waals surface area contributed by atoms with Crippen LogP contribution in [0.5, 0.6) is 0 Å². The van der Waals surface area contributed by atoms with Crippen molar-refractivity contribution in [3.8, 4) is 0 Å². The van der Waals surface area contributed by atoms with Crippen molar-refractivity contribution in [2.75, 3.05) is 11.9 Å². The first kappa shape index (κ1) is 20.8. The lowest BCUT2D eigenvalue weighted by atomic mass is 10.0. The van der Waals surface area contributed by atoms with Crippen molar-refractivity contribution >= 4 is 51.1 Å². The zero-order valence-electron chi connectivity index (χ0n) is 16.2. The molecular formula is C19H22N4O2S3. The van der Waals surface area contributed by atoms with Gasteiger partial charge in [-0.1, -0.05) is 29.2 Å². The number of thioether (sulfide) groups is 1. The Bertz CT molecular complexity index is 976. The highest BCUT2D eigenvalue weighted by atomic mass is 32.2. The van der Waals surface area contributed by atoms with E-state index in [1.807, 2.05) is 26.8 Å². The minimum absolute atomic E-state index is 0.0343. The van der Waals surface area contributed by atoms with Gasteiger partial charge in [-0.15, -0.1) is 21.5 Å². The smallest absolute Gasteiger partial charge is 0.206 e. The lowest BCUT2D eigenvalue weighted by Gasteiger charge is -2.07. The molecule has 9 heteroatoms. The molecule has 0 aromatic carbocycles. The van der Waals surface area contributed by atoms with Crippen molar-refractivity contribution in [3.05, 3.63) is 44.9 Å². The van der Waals surface area contributed by atoms with Crippen molar-refractivity contribution in [3.63, 3.8) is 0 Å². The van der Waals surface area contributed by atoms with Crippen LogP contribution in [0.4, 0.5) is 5.13 Å². The summed E-state index contributed by atoms with van der Waals surface area (Å²) in [6, 6.07) is 4.16. The number of rotatable bonds is 9. The first-order valence-corrected chi connectivity index (χ1v) is 11.4. The number of hydrogen-bond acceptors (Lipinski definition) is 8. The molecule has 0 aliphatic rings. The van der Waals surface area contributed by atoms with E-state index in [0.717, 1.165) is 33.7 Å². The fourth-order valence-electron chi connectivity index (χ4n) is 3.01. The van der Waals surface area contributed by atoms with Crippen LogP contribution in [0.2, 0.25) is 0 Å². The number of H-pyrrole nitrogens is 1. The molecule has 0 bridgehead atoms. The first-order chi connectivity index (χ1) is 13.4. The monoisotopic (exact) mass is 434 g/mol. The van der Waals surface area contributed by atoms with Gasteiger partial charge in [-0.05, 0) is 51.1 Å². The second-order valence-corrected chi connectivity index (χ2v) is 10.0. The maximum Gasteiger partial charge on any atom is 0.206 e. The quantitative estimate of drug-likeness (QED) is 0.373. The van der Waals surface area contributed by atoms with Crippen molar-refractivity contribution in [1.29, 1.82) is 0 Å². The van der Waals surface area contributed by atoms with Crippen LogP contribution in [-0.4, -0.2) is 38.5 Å². The predicted molar refractivity (Wildman–Crippen MR) is 116 cm³/mol. The van der Waals surface area contributed by atoms with Gasteiger partial charge in [0.05, 0.1) is 10.9 Å². The summed E-state index contributed by atoms with van der Waals surface area (Å²) in [6.45, 7) is 7.79. The molecule has 3 heterocycles. The molecular weight excluding hydrogens is 412 g/mol. The molecule has 0 spiro atoms. The van der Waals surface area contributed by atoms with E-state index in [1.54, 1.807) is 11.3 Å². The molecule has 28 heavy (non-hydrogen) atoms. The van der Waals surface area contributed by atoms with Crippen molar-refractivity contribution in [2.45, 2.75) is 43.7 Å². The Morgan fingerprint density at radius 1 is 1.32 bits per heavy atom. The average Bonchev–Trinajstić information content (AvgIpc) is 3.36. The average molecular weight is 435 g/mol. The van der Waals surface area contributed by atoms with E-state index in [-0.39, 0.29) is 16.8 Å². The van der Waals surface area contributed by atoms with Gasteiger partial charge in [-0.2, -0.15) is 0 Å². The predicted octanol–water partition coefficient (Wildman–Crippen LogP) is 4.77. The van der Waals surface area contributed by atoms with Crippen LogP contribution in [0, 0.1) is 13.8 Å². The van der Waals surface area contributed by atoms with Crippen LogP contribution >= 0.6 is 34.4 Å². The fourth-order valence-corrected chi connectivity index (χ4v) is 5.70. The molecule has 1 unspecified atom stereocenters. The molecule has 3 aromatic rings. The zero-order valence-corrected chi connectivity index (χ0v) is 18.6. The number of Topliss-reactive ketones (excluding diaryl/α,β-unsaturated/α-hetero) is 2. The van der Waals surface area contributed by atoms with Crippen LogP contribution < -0.4 is 5.32 Å². The molecule has 0 amide bonds. The second kappa shape index (κ2) is 9.02. The van der Waals surface area contributed by atoms with E-state index in [0.29, 0.717) is 11.3 Å². The standard InChI is InChI=1S/C19H22N4O2S3/c1-10-15(12(3)24)11(2)21-16(10)17(25)13(4)27-19-23-22-18(28-19)20-8-7-14-6-5-9-26-14/h5-6,9,13,21H,7-8H2,1-4H3,(H,20,22). The number of aromatic amines is 1. The maximum atomic E-state index is 12.8. The molecule has 3 rings (SSSR count). The van der Waals surface area contributed by atoms with Crippen molar-refractivity contribution in [1.82, 2.24) is 15.2 Å².